The van der Waals surface area contributed by atoms with Gasteiger partial charge in [0, 0.05) is 28.5 Å². The van der Waals surface area contributed by atoms with Crippen LogP contribution in [0.4, 0.5) is 18.9 Å². The minimum absolute atomic E-state index is 0.0165. The maximum atomic E-state index is 12.9. The molecule has 0 saturated heterocycles. The third-order valence-electron chi connectivity index (χ3n) is 4.85. The van der Waals surface area contributed by atoms with E-state index in [2.05, 4.69) is 15.6 Å². The van der Waals surface area contributed by atoms with Crippen molar-refractivity contribution in [3.8, 4) is 0 Å². The van der Waals surface area contributed by atoms with Crippen molar-refractivity contribution < 1.29 is 18.0 Å². The van der Waals surface area contributed by atoms with Gasteiger partial charge in [-0.05, 0) is 62.9 Å². The Hall–Kier alpha value is -1.99. The van der Waals surface area contributed by atoms with E-state index in [0.29, 0.717) is 39.8 Å². The van der Waals surface area contributed by atoms with Gasteiger partial charge in [-0.3, -0.25) is 4.79 Å². The van der Waals surface area contributed by atoms with E-state index in [1.54, 1.807) is 18.2 Å². The quantitative estimate of drug-likeness (QED) is 0.618. The first-order chi connectivity index (χ1) is 13.6. The first-order valence-electron chi connectivity index (χ1n) is 9.20. The van der Waals surface area contributed by atoms with Gasteiger partial charge in [0.15, 0.2) is 0 Å². The van der Waals surface area contributed by atoms with Gasteiger partial charge in [-0.15, -0.1) is 0 Å². The number of amides is 1. The fraction of sp³-hybridized carbons (Fsp3) is 0.400. The zero-order chi connectivity index (χ0) is 21.2. The number of pyridine rings is 1. The molecule has 1 fully saturated rings. The number of aryl methyl sites for hydroxylation is 1. The second-order valence-electron chi connectivity index (χ2n) is 7.17. The molecule has 2 aromatic rings. The van der Waals surface area contributed by atoms with E-state index in [1.165, 1.54) is 13.0 Å². The predicted molar refractivity (Wildman–Crippen MR) is 108 cm³/mol. The third-order valence-corrected chi connectivity index (χ3v) is 5.40. The Morgan fingerprint density at radius 3 is 2.34 bits per heavy atom. The maximum Gasteiger partial charge on any atom is 0.433 e. The molecule has 0 spiro atoms. The zero-order valence-electron chi connectivity index (χ0n) is 15.6. The van der Waals surface area contributed by atoms with Gasteiger partial charge < -0.3 is 10.6 Å². The van der Waals surface area contributed by atoms with Crippen LogP contribution in [0.5, 0.6) is 0 Å². The van der Waals surface area contributed by atoms with Crippen molar-refractivity contribution in [1.29, 1.82) is 0 Å². The van der Waals surface area contributed by atoms with Gasteiger partial charge in [-0.2, -0.15) is 13.2 Å². The van der Waals surface area contributed by atoms with Crippen LogP contribution < -0.4 is 10.6 Å². The number of hydrogen-bond acceptors (Lipinski definition) is 3. The van der Waals surface area contributed by atoms with Crippen molar-refractivity contribution in [3.63, 3.8) is 0 Å². The molecule has 3 rings (SSSR count). The molecule has 1 heterocycles. The minimum Gasteiger partial charge on any atom is -0.382 e. The first-order valence-corrected chi connectivity index (χ1v) is 9.96. The SMILES string of the molecule is Cc1cc(NC2CCC(NC(=O)c3ccc(Cl)cc3Cl)CC2)cc(C(F)(F)F)n1. The Kier molecular flexibility index (Phi) is 6.58. The van der Waals surface area contributed by atoms with E-state index in [1.807, 2.05) is 0 Å². The van der Waals surface area contributed by atoms with Gasteiger partial charge in [0.2, 0.25) is 0 Å². The van der Waals surface area contributed by atoms with Crippen molar-refractivity contribution in [2.75, 3.05) is 5.32 Å². The molecule has 1 saturated carbocycles. The summed E-state index contributed by atoms with van der Waals surface area (Å²) in [5.74, 6) is -0.261. The summed E-state index contributed by atoms with van der Waals surface area (Å²) in [5.41, 5.74) is 0.178. The molecule has 1 aliphatic rings. The van der Waals surface area contributed by atoms with Crippen LogP contribution in [0.25, 0.3) is 0 Å². The summed E-state index contributed by atoms with van der Waals surface area (Å²) >= 11 is 11.9. The van der Waals surface area contributed by atoms with Crippen LogP contribution >= 0.6 is 23.2 Å². The molecule has 156 valence electrons. The lowest BCUT2D eigenvalue weighted by Crippen LogP contribution is -2.40. The number of carbonyl (C=O) groups is 1. The molecule has 0 aliphatic heterocycles. The number of anilines is 1. The van der Waals surface area contributed by atoms with Gasteiger partial charge >= 0.3 is 6.18 Å². The van der Waals surface area contributed by atoms with Crippen molar-refractivity contribution >= 4 is 34.8 Å². The number of halogens is 5. The van der Waals surface area contributed by atoms with Crippen LogP contribution in [0.3, 0.4) is 0 Å². The summed E-state index contributed by atoms with van der Waals surface area (Å²) in [6.45, 7) is 1.54. The number of rotatable bonds is 4. The molecular weight excluding hydrogens is 426 g/mol. The highest BCUT2D eigenvalue weighted by Gasteiger charge is 2.33. The Morgan fingerprint density at radius 1 is 1.07 bits per heavy atom. The smallest absolute Gasteiger partial charge is 0.382 e. The van der Waals surface area contributed by atoms with E-state index < -0.39 is 11.9 Å². The number of hydrogen-bond donors (Lipinski definition) is 2. The monoisotopic (exact) mass is 445 g/mol. The molecular formula is C20H20Cl2F3N3O. The molecule has 1 amide bonds. The van der Waals surface area contributed by atoms with E-state index >= 15 is 0 Å². The van der Waals surface area contributed by atoms with E-state index in [9.17, 15) is 18.0 Å². The van der Waals surface area contributed by atoms with Gasteiger partial charge in [0.25, 0.3) is 5.91 Å². The fourth-order valence-corrected chi connectivity index (χ4v) is 3.95. The van der Waals surface area contributed by atoms with Gasteiger partial charge in [-0.25, -0.2) is 4.98 Å². The lowest BCUT2D eigenvalue weighted by molar-refractivity contribution is -0.141. The van der Waals surface area contributed by atoms with Gasteiger partial charge in [0.1, 0.15) is 5.69 Å². The average molecular weight is 446 g/mol. The number of benzene rings is 1. The molecule has 0 radical (unpaired) electrons. The highest BCUT2D eigenvalue weighted by molar-refractivity contribution is 6.36. The maximum absolute atomic E-state index is 12.9. The van der Waals surface area contributed by atoms with E-state index in [4.69, 9.17) is 23.2 Å². The van der Waals surface area contributed by atoms with Crippen molar-refractivity contribution in [3.05, 3.63) is 57.3 Å². The molecule has 0 atom stereocenters. The molecule has 1 aliphatic carbocycles. The Labute approximate surface area is 176 Å². The summed E-state index contributed by atoms with van der Waals surface area (Å²) in [7, 11) is 0. The Balaban J connectivity index is 1.56. The van der Waals surface area contributed by atoms with Crippen molar-refractivity contribution in [2.45, 2.75) is 50.9 Å². The third kappa shape index (κ3) is 5.76. The summed E-state index contributed by atoms with van der Waals surface area (Å²) in [4.78, 5) is 16.0. The normalized spacial score (nSPS) is 19.7. The average Bonchev–Trinajstić information content (AvgIpc) is 2.62. The second kappa shape index (κ2) is 8.79. The molecule has 2 N–H and O–H groups in total. The molecule has 1 aromatic heterocycles. The van der Waals surface area contributed by atoms with Gasteiger partial charge in [0.05, 0.1) is 10.6 Å². The summed E-state index contributed by atoms with van der Waals surface area (Å²) in [5, 5.41) is 6.88. The lowest BCUT2D eigenvalue weighted by Gasteiger charge is -2.30. The van der Waals surface area contributed by atoms with Crippen LogP contribution in [0.15, 0.2) is 30.3 Å². The fourth-order valence-electron chi connectivity index (χ4n) is 3.45. The summed E-state index contributed by atoms with van der Waals surface area (Å²) in [6, 6.07) is 7.36. The number of carbonyl (C=O) groups excluding carboxylic acids is 1. The standard InChI is InChI=1S/C20H20Cl2F3N3O/c1-11-8-15(10-18(26-11)20(23,24)25)27-13-3-5-14(6-4-13)28-19(29)16-7-2-12(21)9-17(16)22/h2,7-10,13-14H,3-6H2,1H3,(H,26,27)(H,28,29). The molecule has 0 unspecified atom stereocenters. The highest BCUT2D eigenvalue weighted by Crippen LogP contribution is 2.31. The number of nitrogens with one attached hydrogen (secondary N) is 2. The Bertz CT molecular complexity index is 897. The largest absolute Gasteiger partial charge is 0.433 e. The van der Waals surface area contributed by atoms with Gasteiger partial charge in [-0.1, -0.05) is 23.2 Å². The lowest BCUT2D eigenvalue weighted by atomic mass is 9.90. The van der Waals surface area contributed by atoms with E-state index in [0.717, 1.165) is 18.9 Å². The van der Waals surface area contributed by atoms with Crippen LogP contribution in [0.1, 0.15) is 47.4 Å². The second-order valence-corrected chi connectivity index (χ2v) is 8.01. The van der Waals surface area contributed by atoms with Crippen molar-refractivity contribution in [2.24, 2.45) is 0 Å². The highest BCUT2D eigenvalue weighted by atomic mass is 35.5. The topological polar surface area (TPSA) is 54.0 Å². The van der Waals surface area contributed by atoms with Crippen LogP contribution in [0, 0.1) is 6.92 Å². The molecule has 4 nitrogen and oxygen atoms in total. The predicted octanol–water partition coefficient (Wildman–Crippen LogP) is 5.87. The number of aromatic nitrogens is 1. The van der Waals surface area contributed by atoms with E-state index in [-0.39, 0.29) is 18.0 Å². The molecule has 0 bridgehead atoms. The van der Waals surface area contributed by atoms with Crippen LogP contribution in [-0.4, -0.2) is 23.0 Å². The van der Waals surface area contributed by atoms with Crippen LogP contribution in [0.2, 0.25) is 10.0 Å². The van der Waals surface area contributed by atoms with Crippen LogP contribution in [-0.2, 0) is 6.18 Å². The number of nitrogens with zero attached hydrogens (tertiary/aromatic N) is 1. The number of alkyl halides is 3. The molecule has 29 heavy (non-hydrogen) atoms. The van der Waals surface area contributed by atoms with Crippen molar-refractivity contribution in [1.82, 2.24) is 10.3 Å². The summed E-state index contributed by atoms with van der Waals surface area (Å²) in [6.07, 6.45) is -1.60. The minimum atomic E-state index is -4.48. The summed E-state index contributed by atoms with van der Waals surface area (Å²) < 4.78 is 38.8. The Morgan fingerprint density at radius 2 is 1.72 bits per heavy atom. The first kappa shape index (κ1) is 21.7. The zero-order valence-corrected chi connectivity index (χ0v) is 17.1. The molecule has 9 heteroatoms. The molecule has 1 aromatic carbocycles.